The lowest BCUT2D eigenvalue weighted by molar-refractivity contribution is -0.123. The van der Waals surface area contributed by atoms with Crippen molar-refractivity contribution in [3.63, 3.8) is 0 Å². The molecule has 0 bridgehead atoms. The van der Waals surface area contributed by atoms with Gasteiger partial charge in [-0.15, -0.1) is 0 Å². The molecule has 25 heavy (non-hydrogen) atoms. The van der Waals surface area contributed by atoms with E-state index >= 15 is 0 Å². The maximum atomic E-state index is 12.0. The molecule has 0 aliphatic rings. The Morgan fingerprint density at radius 3 is 2.32 bits per heavy atom. The van der Waals surface area contributed by atoms with Crippen molar-refractivity contribution in [3.8, 4) is 5.75 Å². The van der Waals surface area contributed by atoms with Gasteiger partial charge in [0.2, 0.25) is 0 Å². The van der Waals surface area contributed by atoms with E-state index in [0.717, 1.165) is 10.0 Å². The minimum atomic E-state index is -0.435. The topological polar surface area (TPSA) is 79.5 Å². The van der Waals surface area contributed by atoms with Crippen molar-refractivity contribution in [1.82, 2.24) is 16.2 Å². The zero-order chi connectivity index (χ0) is 18.2. The molecule has 2 rings (SSSR count). The molecule has 0 atom stereocenters. The lowest BCUT2D eigenvalue weighted by Gasteiger charge is -2.11. The number of carbonyl (C=O) groups is 2. The molecule has 3 N–H and O–H groups in total. The van der Waals surface area contributed by atoms with E-state index in [1.807, 2.05) is 19.1 Å². The third-order valence-electron chi connectivity index (χ3n) is 3.04. The number of hydrogen-bond acceptors (Lipinski definition) is 4. The molecular formula is C17H16BrN3O3S. The molecule has 0 spiro atoms. The van der Waals surface area contributed by atoms with Crippen LogP contribution < -0.4 is 20.9 Å². The van der Waals surface area contributed by atoms with Gasteiger partial charge in [0.15, 0.2) is 11.7 Å². The molecule has 0 fully saturated rings. The summed E-state index contributed by atoms with van der Waals surface area (Å²) in [6.45, 7) is 1.74. The quantitative estimate of drug-likeness (QED) is 0.521. The number of hydrogen-bond donors (Lipinski definition) is 3. The zero-order valence-electron chi connectivity index (χ0n) is 13.3. The van der Waals surface area contributed by atoms with Gasteiger partial charge in [-0.1, -0.05) is 33.6 Å². The van der Waals surface area contributed by atoms with Crippen molar-refractivity contribution in [1.29, 1.82) is 0 Å². The first kappa shape index (κ1) is 18.9. The summed E-state index contributed by atoms with van der Waals surface area (Å²) in [7, 11) is 0. The summed E-state index contributed by atoms with van der Waals surface area (Å²) in [6, 6.07) is 14.1. The zero-order valence-corrected chi connectivity index (χ0v) is 15.7. The Morgan fingerprint density at radius 1 is 1.04 bits per heavy atom. The van der Waals surface area contributed by atoms with E-state index < -0.39 is 5.91 Å². The first-order valence-corrected chi connectivity index (χ1v) is 8.49. The van der Waals surface area contributed by atoms with Gasteiger partial charge in [-0.05, 0) is 55.5 Å². The summed E-state index contributed by atoms with van der Waals surface area (Å²) >= 11 is 8.28. The van der Waals surface area contributed by atoms with Gasteiger partial charge in [0.25, 0.3) is 11.8 Å². The van der Waals surface area contributed by atoms with Gasteiger partial charge >= 0.3 is 0 Å². The summed E-state index contributed by atoms with van der Waals surface area (Å²) in [5, 5.41) is 2.46. The maximum absolute atomic E-state index is 12.0. The van der Waals surface area contributed by atoms with Crippen molar-refractivity contribution < 1.29 is 14.3 Å². The van der Waals surface area contributed by atoms with Crippen LogP contribution in [0.15, 0.2) is 53.0 Å². The van der Waals surface area contributed by atoms with Crippen LogP contribution in [-0.2, 0) is 4.79 Å². The normalized spacial score (nSPS) is 9.84. The second kappa shape index (κ2) is 9.14. The Labute approximate surface area is 159 Å². The molecule has 6 nitrogen and oxygen atoms in total. The van der Waals surface area contributed by atoms with Crippen LogP contribution in [0.2, 0.25) is 0 Å². The van der Waals surface area contributed by atoms with Crippen molar-refractivity contribution in [2.45, 2.75) is 6.92 Å². The summed E-state index contributed by atoms with van der Waals surface area (Å²) in [4.78, 5) is 23.7. The van der Waals surface area contributed by atoms with Gasteiger partial charge in [-0.3, -0.25) is 25.8 Å². The number of halogens is 1. The molecular weight excluding hydrogens is 406 g/mol. The van der Waals surface area contributed by atoms with Crippen LogP contribution in [0.5, 0.6) is 5.75 Å². The molecule has 2 amide bonds. The van der Waals surface area contributed by atoms with Gasteiger partial charge in [-0.2, -0.15) is 0 Å². The van der Waals surface area contributed by atoms with E-state index in [4.69, 9.17) is 17.0 Å². The van der Waals surface area contributed by atoms with Crippen LogP contribution in [0.25, 0.3) is 0 Å². The SMILES string of the molecule is Cc1ccc(C(=O)NC(=S)NNC(=O)COc2ccc(Br)cc2)cc1. The highest BCUT2D eigenvalue weighted by Crippen LogP contribution is 2.15. The van der Waals surface area contributed by atoms with Gasteiger partial charge in [0.05, 0.1) is 0 Å². The molecule has 0 aliphatic heterocycles. The van der Waals surface area contributed by atoms with Gasteiger partial charge in [0, 0.05) is 10.0 Å². The number of ether oxygens (including phenoxy) is 1. The second-order valence-electron chi connectivity index (χ2n) is 5.07. The summed E-state index contributed by atoms with van der Waals surface area (Å²) < 4.78 is 6.23. The number of rotatable bonds is 4. The van der Waals surface area contributed by atoms with Crippen LogP contribution in [0, 0.1) is 6.92 Å². The molecule has 0 unspecified atom stereocenters. The third kappa shape index (κ3) is 6.52. The fourth-order valence-electron chi connectivity index (χ4n) is 1.75. The molecule has 0 heterocycles. The van der Waals surface area contributed by atoms with E-state index in [9.17, 15) is 9.59 Å². The minimum Gasteiger partial charge on any atom is -0.484 e. The van der Waals surface area contributed by atoms with E-state index in [-0.39, 0.29) is 17.6 Å². The first-order valence-electron chi connectivity index (χ1n) is 7.29. The number of benzene rings is 2. The summed E-state index contributed by atoms with van der Waals surface area (Å²) in [5.41, 5.74) is 6.33. The van der Waals surface area contributed by atoms with E-state index in [1.54, 1.807) is 36.4 Å². The minimum absolute atomic E-state index is 0.0115. The van der Waals surface area contributed by atoms with E-state index in [2.05, 4.69) is 32.1 Å². The highest BCUT2D eigenvalue weighted by molar-refractivity contribution is 9.10. The highest BCUT2D eigenvalue weighted by atomic mass is 79.9. The molecule has 2 aromatic carbocycles. The lowest BCUT2D eigenvalue weighted by Crippen LogP contribution is -2.49. The van der Waals surface area contributed by atoms with E-state index in [1.165, 1.54) is 0 Å². The molecule has 130 valence electrons. The van der Waals surface area contributed by atoms with Crippen LogP contribution in [0.3, 0.4) is 0 Å². The van der Waals surface area contributed by atoms with Crippen molar-refractivity contribution in [3.05, 3.63) is 64.1 Å². The van der Waals surface area contributed by atoms with Crippen molar-refractivity contribution >= 4 is 45.1 Å². The van der Waals surface area contributed by atoms with Crippen molar-refractivity contribution in [2.24, 2.45) is 0 Å². The molecule has 0 aliphatic carbocycles. The fourth-order valence-corrected chi connectivity index (χ4v) is 2.16. The van der Waals surface area contributed by atoms with Crippen LogP contribution in [-0.4, -0.2) is 23.5 Å². The van der Waals surface area contributed by atoms with Gasteiger partial charge in [-0.25, -0.2) is 0 Å². The van der Waals surface area contributed by atoms with Crippen molar-refractivity contribution in [2.75, 3.05) is 6.61 Å². The van der Waals surface area contributed by atoms with E-state index in [0.29, 0.717) is 11.3 Å². The van der Waals surface area contributed by atoms with Crippen LogP contribution >= 0.6 is 28.1 Å². The van der Waals surface area contributed by atoms with Gasteiger partial charge < -0.3 is 4.74 Å². The predicted octanol–water partition coefficient (Wildman–Crippen LogP) is 2.47. The number of amides is 2. The maximum Gasteiger partial charge on any atom is 0.276 e. The standard InChI is InChI=1S/C17H16BrN3O3S/c1-11-2-4-12(5-3-11)16(23)19-17(25)21-20-15(22)10-24-14-8-6-13(18)7-9-14/h2-9H,10H2,1H3,(H,20,22)(H2,19,21,23,25). The third-order valence-corrected chi connectivity index (χ3v) is 3.77. The molecule has 8 heteroatoms. The monoisotopic (exact) mass is 421 g/mol. The average Bonchev–Trinajstić information content (AvgIpc) is 2.60. The molecule has 0 radical (unpaired) electrons. The highest BCUT2D eigenvalue weighted by Gasteiger charge is 2.08. The Balaban J connectivity index is 1.71. The molecule has 2 aromatic rings. The number of thiocarbonyl (C=S) groups is 1. The number of nitrogens with one attached hydrogen (secondary N) is 3. The Hall–Kier alpha value is -2.45. The molecule has 0 aromatic heterocycles. The predicted molar refractivity (Wildman–Crippen MR) is 102 cm³/mol. The number of hydrazine groups is 1. The van der Waals surface area contributed by atoms with Crippen LogP contribution in [0.1, 0.15) is 15.9 Å². The Kier molecular flexibility index (Phi) is 6.91. The summed E-state index contributed by atoms with van der Waals surface area (Å²) in [5.74, 6) is -0.235. The fraction of sp³-hybridized carbons (Fsp3) is 0.118. The Morgan fingerprint density at radius 2 is 1.68 bits per heavy atom. The Bertz CT molecular complexity index is 764. The lowest BCUT2D eigenvalue weighted by atomic mass is 10.1. The summed E-state index contributed by atoms with van der Waals surface area (Å²) in [6.07, 6.45) is 0. The first-order chi connectivity index (χ1) is 11.9. The second-order valence-corrected chi connectivity index (χ2v) is 6.39. The molecule has 0 saturated carbocycles. The number of carbonyl (C=O) groups excluding carboxylic acids is 2. The molecule has 0 saturated heterocycles. The van der Waals surface area contributed by atoms with Crippen LogP contribution in [0.4, 0.5) is 0 Å². The average molecular weight is 422 g/mol. The van der Waals surface area contributed by atoms with Gasteiger partial charge in [0.1, 0.15) is 5.75 Å². The number of aryl methyl sites for hydroxylation is 1. The smallest absolute Gasteiger partial charge is 0.276 e. The largest absolute Gasteiger partial charge is 0.484 e.